The number of ether oxygens (including phenoxy) is 1. The molecule has 0 radical (unpaired) electrons. The lowest BCUT2D eigenvalue weighted by Crippen LogP contribution is -2.07. The fourth-order valence-electron chi connectivity index (χ4n) is 0.403. The molecule has 0 fully saturated rings. The lowest BCUT2D eigenvalue weighted by Gasteiger charge is -2.15. The molecule has 2 heteroatoms. The number of rotatable bonds is 2. The molecular formula is C7H13NO. The Hall–Kier alpha value is -0.710. The van der Waals surface area contributed by atoms with Crippen LogP contribution in [0.2, 0.25) is 0 Å². The third-order valence-corrected chi connectivity index (χ3v) is 1.02. The molecule has 9 heavy (non-hydrogen) atoms. The van der Waals surface area contributed by atoms with Crippen LogP contribution in [0.5, 0.6) is 0 Å². The van der Waals surface area contributed by atoms with Gasteiger partial charge in [0.2, 0.25) is 0 Å². The highest BCUT2D eigenvalue weighted by atomic mass is 16.5. The van der Waals surface area contributed by atoms with Crippen molar-refractivity contribution in [2.24, 2.45) is 5.41 Å². The molecule has 0 spiro atoms. The molecule has 0 amide bonds. The van der Waals surface area contributed by atoms with E-state index in [1.54, 1.807) is 6.26 Å². The molecule has 52 valence electrons. The van der Waals surface area contributed by atoms with E-state index in [1.807, 2.05) is 0 Å². The summed E-state index contributed by atoms with van der Waals surface area (Å²) in [7, 11) is 0. The summed E-state index contributed by atoms with van der Waals surface area (Å²) >= 11 is 0. The Morgan fingerprint density at radius 2 is 2.00 bits per heavy atom. The van der Waals surface area contributed by atoms with E-state index in [0.29, 0.717) is 6.61 Å². The van der Waals surface area contributed by atoms with Crippen LogP contribution in [-0.2, 0) is 4.74 Å². The van der Waals surface area contributed by atoms with Crippen LogP contribution in [0.25, 0.3) is 0 Å². The van der Waals surface area contributed by atoms with E-state index in [4.69, 9.17) is 5.26 Å². The summed E-state index contributed by atoms with van der Waals surface area (Å²) in [5, 5.41) is 7.99. The van der Waals surface area contributed by atoms with Crippen molar-refractivity contribution >= 4 is 0 Å². The van der Waals surface area contributed by atoms with E-state index in [9.17, 15) is 0 Å². The predicted octanol–water partition coefficient (Wildman–Crippen LogP) is 1.92. The maximum absolute atomic E-state index is 7.99. The Morgan fingerprint density at radius 3 is 2.33 bits per heavy atom. The third kappa shape index (κ3) is 7.29. The monoisotopic (exact) mass is 127 g/mol. The molecule has 0 saturated heterocycles. The summed E-state index contributed by atoms with van der Waals surface area (Å²) in [6.45, 7) is 6.90. The fourth-order valence-corrected chi connectivity index (χ4v) is 0.403. The van der Waals surface area contributed by atoms with Crippen LogP contribution in [0.1, 0.15) is 27.2 Å². The van der Waals surface area contributed by atoms with Gasteiger partial charge in [-0.2, -0.15) is 5.26 Å². The maximum atomic E-state index is 7.99. The van der Waals surface area contributed by atoms with Gasteiger partial charge >= 0.3 is 0 Å². The van der Waals surface area contributed by atoms with Crippen molar-refractivity contribution in [2.45, 2.75) is 27.2 Å². The minimum absolute atomic E-state index is 0.275. The molecular weight excluding hydrogens is 114 g/mol. The summed E-state index contributed by atoms with van der Waals surface area (Å²) < 4.78 is 4.52. The lowest BCUT2D eigenvalue weighted by atomic mass is 9.93. The van der Waals surface area contributed by atoms with Crippen LogP contribution in [0.4, 0.5) is 0 Å². The first-order valence-corrected chi connectivity index (χ1v) is 3.07. The summed E-state index contributed by atoms with van der Waals surface area (Å²) in [6, 6.07) is 0. The van der Waals surface area contributed by atoms with E-state index in [-0.39, 0.29) is 5.41 Å². The van der Waals surface area contributed by atoms with E-state index in [0.717, 1.165) is 6.42 Å². The van der Waals surface area contributed by atoms with Crippen molar-refractivity contribution in [1.82, 2.24) is 0 Å². The molecule has 0 aliphatic carbocycles. The third-order valence-electron chi connectivity index (χ3n) is 1.02. The van der Waals surface area contributed by atoms with Gasteiger partial charge < -0.3 is 4.74 Å². The zero-order chi connectivity index (χ0) is 7.33. The van der Waals surface area contributed by atoms with Crippen LogP contribution in [0.15, 0.2) is 0 Å². The van der Waals surface area contributed by atoms with Crippen molar-refractivity contribution in [3.8, 4) is 6.26 Å². The topological polar surface area (TPSA) is 33.0 Å². The second-order valence-corrected chi connectivity index (χ2v) is 3.25. The average molecular weight is 127 g/mol. The first-order valence-electron chi connectivity index (χ1n) is 3.07. The summed E-state index contributed by atoms with van der Waals surface area (Å²) in [5.74, 6) is 0. The van der Waals surface area contributed by atoms with Crippen molar-refractivity contribution < 1.29 is 4.74 Å². The Kier molecular flexibility index (Phi) is 3.08. The summed E-state index contributed by atoms with van der Waals surface area (Å²) in [6.07, 6.45) is 2.57. The first-order chi connectivity index (χ1) is 4.06. The Balaban J connectivity index is 3.20. The SMILES string of the molecule is CC(C)(C)CCOC#N. The molecule has 0 aromatic heterocycles. The van der Waals surface area contributed by atoms with E-state index < -0.39 is 0 Å². The largest absolute Gasteiger partial charge is 0.427 e. The van der Waals surface area contributed by atoms with Crippen LogP contribution in [0.3, 0.4) is 0 Å². The minimum Gasteiger partial charge on any atom is -0.427 e. The molecule has 2 nitrogen and oxygen atoms in total. The molecule has 0 aromatic carbocycles. The van der Waals surface area contributed by atoms with Crippen LogP contribution in [-0.4, -0.2) is 6.61 Å². The van der Waals surface area contributed by atoms with Crippen molar-refractivity contribution in [3.05, 3.63) is 0 Å². The maximum Gasteiger partial charge on any atom is 0.286 e. The van der Waals surface area contributed by atoms with Gasteiger partial charge in [-0.3, -0.25) is 0 Å². The van der Waals surface area contributed by atoms with Gasteiger partial charge in [0.1, 0.15) is 6.61 Å². The van der Waals surface area contributed by atoms with Gasteiger partial charge in [-0.15, -0.1) is 0 Å². The molecule has 0 unspecified atom stereocenters. The van der Waals surface area contributed by atoms with Gasteiger partial charge in [0, 0.05) is 0 Å². The molecule has 0 heterocycles. The standard InChI is InChI=1S/C7H13NO/c1-7(2,3)4-5-9-6-8/h4-5H2,1-3H3. The zero-order valence-corrected chi connectivity index (χ0v) is 6.27. The lowest BCUT2D eigenvalue weighted by molar-refractivity contribution is 0.211. The quantitative estimate of drug-likeness (QED) is 0.419. The number of hydrogen-bond acceptors (Lipinski definition) is 2. The Labute approximate surface area is 56.4 Å². The van der Waals surface area contributed by atoms with E-state index in [1.165, 1.54) is 0 Å². The second kappa shape index (κ2) is 3.34. The van der Waals surface area contributed by atoms with Gasteiger partial charge in [-0.05, 0) is 11.8 Å². The molecule has 0 aliphatic rings. The van der Waals surface area contributed by atoms with Crippen molar-refractivity contribution in [3.63, 3.8) is 0 Å². The smallest absolute Gasteiger partial charge is 0.286 e. The van der Waals surface area contributed by atoms with Crippen molar-refractivity contribution in [2.75, 3.05) is 6.61 Å². The molecule has 0 N–H and O–H groups in total. The molecule has 0 bridgehead atoms. The van der Waals surface area contributed by atoms with Gasteiger partial charge in [0.25, 0.3) is 6.26 Å². The van der Waals surface area contributed by atoms with Gasteiger partial charge in [-0.25, -0.2) is 0 Å². The van der Waals surface area contributed by atoms with Crippen molar-refractivity contribution in [1.29, 1.82) is 5.26 Å². The van der Waals surface area contributed by atoms with E-state index >= 15 is 0 Å². The van der Waals surface area contributed by atoms with Gasteiger partial charge in [-0.1, -0.05) is 20.8 Å². The number of nitriles is 1. The molecule has 0 aromatic rings. The first kappa shape index (κ1) is 8.29. The van der Waals surface area contributed by atoms with Crippen LogP contribution in [0, 0.1) is 16.9 Å². The van der Waals surface area contributed by atoms with Gasteiger partial charge in [0.15, 0.2) is 0 Å². The zero-order valence-electron chi connectivity index (χ0n) is 6.27. The summed E-state index contributed by atoms with van der Waals surface area (Å²) in [4.78, 5) is 0. The Morgan fingerprint density at radius 1 is 1.44 bits per heavy atom. The summed E-state index contributed by atoms with van der Waals surface area (Å²) in [5.41, 5.74) is 0.275. The Bertz CT molecular complexity index is 107. The number of nitrogens with zero attached hydrogens (tertiary/aromatic N) is 1. The highest BCUT2D eigenvalue weighted by Crippen LogP contribution is 2.17. The number of hydrogen-bond donors (Lipinski definition) is 0. The molecule has 0 atom stereocenters. The fraction of sp³-hybridized carbons (Fsp3) is 0.857. The highest BCUT2D eigenvalue weighted by Gasteiger charge is 2.08. The van der Waals surface area contributed by atoms with Gasteiger partial charge in [0.05, 0.1) is 0 Å². The molecule has 0 rings (SSSR count). The predicted molar refractivity (Wildman–Crippen MR) is 35.6 cm³/mol. The second-order valence-electron chi connectivity index (χ2n) is 3.25. The highest BCUT2D eigenvalue weighted by molar-refractivity contribution is 4.61. The van der Waals surface area contributed by atoms with Crippen LogP contribution >= 0.6 is 0 Å². The van der Waals surface area contributed by atoms with E-state index in [2.05, 4.69) is 25.5 Å². The molecule has 0 aliphatic heterocycles. The van der Waals surface area contributed by atoms with Crippen LogP contribution < -0.4 is 0 Å². The average Bonchev–Trinajstić information content (AvgIpc) is 1.63. The normalized spacial score (nSPS) is 10.4. The molecule has 0 saturated carbocycles. The minimum atomic E-state index is 0.275.